The predicted molar refractivity (Wildman–Crippen MR) is 84.8 cm³/mol. The molecule has 0 saturated heterocycles. The van der Waals surface area contributed by atoms with Crippen LogP contribution < -0.4 is 5.32 Å². The molecular weight excluding hydrogens is 262 g/mol. The van der Waals surface area contributed by atoms with E-state index in [2.05, 4.69) is 15.5 Å². The van der Waals surface area contributed by atoms with Crippen LogP contribution in [-0.2, 0) is 4.79 Å². The maximum Gasteiger partial charge on any atom is 0.244 e. The first-order valence-electron chi connectivity index (χ1n) is 7.73. The molecule has 1 fully saturated rings. The van der Waals surface area contributed by atoms with Gasteiger partial charge in [0.2, 0.25) is 5.91 Å². The summed E-state index contributed by atoms with van der Waals surface area (Å²) in [6.45, 7) is 0. The second kappa shape index (κ2) is 6.57. The van der Waals surface area contributed by atoms with Crippen molar-refractivity contribution >= 4 is 22.9 Å². The number of nitrogens with one attached hydrogen (secondary N) is 2. The van der Waals surface area contributed by atoms with Crippen molar-refractivity contribution in [3.63, 3.8) is 0 Å². The lowest BCUT2D eigenvalue weighted by Gasteiger charge is -2.14. The van der Waals surface area contributed by atoms with E-state index in [4.69, 9.17) is 0 Å². The normalized spacial score (nSPS) is 17.1. The first kappa shape index (κ1) is 13.9. The Labute approximate surface area is 124 Å². The van der Waals surface area contributed by atoms with Gasteiger partial charge in [0, 0.05) is 17.5 Å². The minimum Gasteiger partial charge on any atom is -0.350 e. The van der Waals surface area contributed by atoms with Crippen LogP contribution in [0.1, 0.15) is 44.1 Å². The van der Waals surface area contributed by atoms with Gasteiger partial charge >= 0.3 is 0 Å². The number of carbonyl (C=O) groups is 1. The molecule has 1 aromatic carbocycles. The third-order valence-corrected chi connectivity index (χ3v) is 4.09. The van der Waals surface area contributed by atoms with Crippen molar-refractivity contribution in [1.82, 2.24) is 15.5 Å². The van der Waals surface area contributed by atoms with Crippen molar-refractivity contribution in [2.75, 3.05) is 0 Å². The van der Waals surface area contributed by atoms with Crippen LogP contribution in [-0.4, -0.2) is 22.1 Å². The SMILES string of the molecule is O=C(/C=C/c1ccc2cn[nH]c2c1)NC1CCCCCC1. The van der Waals surface area contributed by atoms with Gasteiger partial charge in [-0.25, -0.2) is 0 Å². The molecule has 0 aliphatic heterocycles. The molecule has 0 spiro atoms. The number of hydrogen-bond acceptors (Lipinski definition) is 2. The second-order valence-corrected chi connectivity index (χ2v) is 5.75. The average molecular weight is 283 g/mol. The third kappa shape index (κ3) is 3.72. The Morgan fingerprint density at radius 3 is 2.86 bits per heavy atom. The molecule has 4 nitrogen and oxygen atoms in total. The molecule has 0 radical (unpaired) electrons. The maximum atomic E-state index is 12.0. The molecule has 1 saturated carbocycles. The lowest BCUT2D eigenvalue weighted by atomic mass is 10.1. The molecule has 0 atom stereocenters. The van der Waals surface area contributed by atoms with Crippen LogP contribution in [0.25, 0.3) is 17.0 Å². The molecule has 0 unspecified atom stereocenters. The van der Waals surface area contributed by atoms with Crippen LogP contribution in [0.2, 0.25) is 0 Å². The van der Waals surface area contributed by atoms with E-state index in [-0.39, 0.29) is 5.91 Å². The van der Waals surface area contributed by atoms with Gasteiger partial charge in [0.25, 0.3) is 0 Å². The smallest absolute Gasteiger partial charge is 0.244 e. The van der Waals surface area contributed by atoms with E-state index >= 15 is 0 Å². The Morgan fingerprint density at radius 1 is 1.24 bits per heavy atom. The fraction of sp³-hybridized carbons (Fsp3) is 0.412. The Balaban J connectivity index is 1.60. The van der Waals surface area contributed by atoms with Crippen LogP contribution >= 0.6 is 0 Å². The topological polar surface area (TPSA) is 57.8 Å². The first-order valence-corrected chi connectivity index (χ1v) is 7.73. The van der Waals surface area contributed by atoms with E-state index in [1.165, 1.54) is 25.7 Å². The van der Waals surface area contributed by atoms with Crippen molar-refractivity contribution < 1.29 is 4.79 Å². The highest BCUT2D eigenvalue weighted by Crippen LogP contribution is 2.17. The Hall–Kier alpha value is -2.10. The molecule has 1 aromatic heterocycles. The van der Waals surface area contributed by atoms with Gasteiger partial charge in [0.1, 0.15) is 0 Å². The largest absolute Gasteiger partial charge is 0.350 e. The van der Waals surface area contributed by atoms with Crippen LogP contribution in [0.4, 0.5) is 0 Å². The lowest BCUT2D eigenvalue weighted by molar-refractivity contribution is -0.117. The molecule has 0 bridgehead atoms. The number of H-pyrrole nitrogens is 1. The van der Waals surface area contributed by atoms with Gasteiger partial charge in [-0.05, 0) is 30.5 Å². The fourth-order valence-corrected chi connectivity index (χ4v) is 2.90. The van der Waals surface area contributed by atoms with E-state index in [0.717, 1.165) is 29.3 Å². The predicted octanol–water partition coefficient (Wildman–Crippen LogP) is 3.42. The minimum absolute atomic E-state index is 0.00612. The van der Waals surface area contributed by atoms with Crippen molar-refractivity contribution in [1.29, 1.82) is 0 Å². The van der Waals surface area contributed by atoms with E-state index in [1.54, 1.807) is 12.3 Å². The summed E-state index contributed by atoms with van der Waals surface area (Å²) in [5.74, 6) is 0.00612. The van der Waals surface area contributed by atoms with Crippen LogP contribution in [0, 0.1) is 0 Å². The monoisotopic (exact) mass is 283 g/mol. The molecule has 1 aliphatic rings. The summed E-state index contributed by atoms with van der Waals surface area (Å²) < 4.78 is 0. The summed E-state index contributed by atoms with van der Waals surface area (Å²) in [4.78, 5) is 12.0. The van der Waals surface area contributed by atoms with Crippen LogP contribution in [0.15, 0.2) is 30.5 Å². The third-order valence-electron chi connectivity index (χ3n) is 4.09. The Morgan fingerprint density at radius 2 is 2.05 bits per heavy atom. The standard InChI is InChI=1S/C17H21N3O/c21-17(19-15-5-3-1-2-4-6-15)10-8-13-7-9-14-12-18-20-16(14)11-13/h7-12,15H,1-6H2,(H,18,20)(H,19,21)/b10-8+. The van der Waals surface area contributed by atoms with Gasteiger partial charge in [0.05, 0.1) is 11.7 Å². The van der Waals surface area contributed by atoms with Crippen LogP contribution in [0.3, 0.4) is 0 Å². The number of benzene rings is 1. The number of hydrogen-bond donors (Lipinski definition) is 2. The molecule has 110 valence electrons. The van der Waals surface area contributed by atoms with Gasteiger partial charge < -0.3 is 5.32 Å². The zero-order valence-corrected chi connectivity index (χ0v) is 12.1. The van der Waals surface area contributed by atoms with Crippen LogP contribution in [0.5, 0.6) is 0 Å². The zero-order chi connectivity index (χ0) is 14.5. The molecule has 1 aliphatic carbocycles. The highest BCUT2D eigenvalue weighted by molar-refractivity contribution is 5.92. The average Bonchev–Trinajstić information content (AvgIpc) is 2.81. The highest BCUT2D eigenvalue weighted by atomic mass is 16.1. The van der Waals surface area contributed by atoms with Crippen molar-refractivity contribution in [2.24, 2.45) is 0 Å². The molecule has 2 N–H and O–H groups in total. The molecule has 4 heteroatoms. The number of aromatic nitrogens is 2. The summed E-state index contributed by atoms with van der Waals surface area (Å²) in [7, 11) is 0. The molecule has 2 aromatic rings. The van der Waals surface area contributed by atoms with Gasteiger partial charge in [-0.3, -0.25) is 9.89 Å². The van der Waals surface area contributed by atoms with Gasteiger partial charge in [0.15, 0.2) is 0 Å². The molecule has 21 heavy (non-hydrogen) atoms. The Bertz CT molecular complexity index is 636. The fourth-order valence-electron chi connectivity index (χ4n) is 2.90. The van der Waals surface area contributed by atoms with Gasteiger partial charge in [-0.2, -0.15) is 5.10 Å². The number of amides is 1. The highest BCUT2D eigenvalue weighted by Gasteiger charge is 2.13. The number of nitrogens with zero attached hydrogens (tertiary/aromatic N) is 1. The molecule has 1 heterocycles. The van der Waals surface area contributed by atoms with Gasteiger partial charge in [-0.1, -0.05) is 37.8 Å². The molecular formula is C17H21N3O. The first-order chi connectivity index (χ1) is 10.3. The molecule has 1 amide bonds. The summed E-state index contributed by atoms with van der Waals surface area (Å²) >= 11 is 0. The van der Waals surface area contributed by atoms with E-state index < -0.39 is 0 Å². The van der Waals surface area contributed by atoms with E-state index in [9.17, 15) is 4.79 Å². The Kier molecular flexibility index (Phi) is 4.34. The maximum absolute atomic E-state index is 12.0. The van der Waals surface area contributed by atoms with Gasteiger partial charge in [-0.15, -0.1) is 0 Å². The minimum atomic E-state index is 0.00612. The van der Waals surface area contributed by atoms with E-state index in [1.807, 2.05) is 24.3 Å². The summed E-state index contributed by atoms with van der Waals surface area (Å²) in [5.41, 5.74) is 1.99. The lowest BCUT2D eigenvalue weighted by Crippen LogP contribution is -2.33. The number of carbonyl (C=O) groups excluding carboxylic acids is 1. The second-order valence-electron chi connectivity index (χ2n) is 5.75. The summed E-state index contributed by atoms with van der Waals surface area (Å²) in [5, 5.41) is 11.1. The molecule has 3 rings (SSSR count). The summed E-state index contributed by atoms with van der Waals surface area (Å²) in [6, 6.07) is 6.34. The zero-order valence-electron chi connectivity index (χ0n) is 12.1. The summed E-state index contributed by atoms with van der Waals surface area (Å²) in [6.07, 6.45) is 12.5. The number of aromatic amines is 1. The number of rotatable bonds is 3. The number of fused-ring (bicyclic) bond motifs is 1. The quantitative estimate of drug-likeness (QED) is 0.670. The van der Waals surface area contributed by atoms with Crippen molar-refractivity contribution in [3.05, 3.63) is 36.0 Å². The van der Waals surface area contributed by atoms with Crippen molar-refractivity contribution in [2.45, 2.75) is 44.6 Å². The van der Waals surface area contributed by atoms with E-state index in [0.29, 0.717) is 6.04 Å². The van der Waals surface area contributed by atoms with Crippen molar-refractivity contribution in [3.8, 4) is 0 Å².